The Morgan fingerprint density at radius 1 is 1.33 bits per heavy atom. The third-order valence-electron chi connectivity index (χ3n) is 3.92. The highest BCUT2D eigenvalue weighted by Gasteiger charge is 2.15. The van der Waals surface area contributed by atoms with E-state index in [2.05, 4.69) is 17.1 Å². The van der Waals surface area contributed by atoms with Gasteiger partial charge in [-0.15, -0.1) is 6.58 Å². The molecule has 1 amide bonds. The lowest BCUT2D eigenvalue weighted by atomic mass is 10.1. The average Bonchev–Trinajstić information content (AvgIpc) is 2.65. The van der Waals surface area contributed by atoms with Crippen LogP contribution in [0.1, 0.15) is 23.6 Å². The number of phenols is 1. The molecule has 0 aromatic heterocycles. The van der Waals surface area contributed by atoms with Gasteiger partial charge < -0.3 is 14.6 Å². The lowest BCUT2D eigenvalue weighted by Gasteiger charge is -2.14. The summed E-state index contributed by atoms with van der Waals surface area (Å²) in [6.45, 7) is 7.24. The molecule has 0 saturated carbocycles. The zero-order valence-electron chi connectivity index (χ0n) is 15.7. The summed E-state index contributed by atoms with van der Waals surface area (Å²) < 4.78 is 10.8. The van der Waals surface area contributed by atoms with E-state index in [0.717, 1.165) is 5.56 Å². The van der Waals surface area contributed by atoms with Gasteiger partial charge in [-0.05, 0) is 49.6 Å². The van der Waals surface area contributed by atoms with Crippen molar-refractivity contribution in [2.24, 2.45) is 5.10 Å². The molecule has 6 nitrogen and oxygen atoms in total. The van der Waals surface area contributed by atoms with Gasteiger partial charge in [0, 0.05) is 5.56 Å². The van der Waals surface area contributed by atoms with E-state index in [9.17, 15) is 9.90 Å². The Balaban J connectivity index is 2.03. The first-order valence-corrected chi connectivity index (χ1v) is 8.52. The second-order valence-electron chi connectivity index (χ2n) is 5.98. The summed E-state index contributed by atoms with van der Waals surface area (Å²) >= 11 is 0. The van der Waals surface area contributed by atoms with Gasteiger partial charge in [0.05, 0.1) is 13.3 Å². The number of ether oxygens (including phenoxy) is 2. The molecule has 0 aliphatic carbocycles. The van der Waals surface area contributed by atoms with E-state index in [4.69, 9.17) is 9.47 Å². The monoisotopic (exact) mass is 368 g/mol. The number of para-hydroxylation sites is 1. The fourth-order valence-corrected chi connectivity index (χ4v) is 2.42. The van der Waals surface area contributed by atoms with E-state index >= 15 is 0 Å². The molecule has 0 bridgehead atoms. The van der Waals surface area contributed by atoms with Crippen LogP contribution < -0.4 is 14.9 Å². The summed E-state index contributed by atoms with van der Waals surface area (Å²) in [5.74, 6) is 0.685. The maximum absolute atomic E-state index is 12.2. The van der Waals surface area contributed by atoms with Crippen molar-refractivity contribution < 1.29 is 19.4 Å². The first-order valence-electron chi connectivity index (χ1n) is 8.52. The quantitative estimate of drug-likeness (QED) is 0.425. The van der Waals surface area contributed by atoms with Gasteiger partial charge in [-0.3, -0.25) is 4.79 Å². The molecular weight excluding hydrogens is 344 g/mol. The number of aryl methyl sites for hydroxylation is 1. The number of carbonyl (C=O) groups is 1. The van der Waals surface area contributed by atoms with Gasteiger partial charge in [0.2, 0.25) is 0 Å². The molecule has 0 saturated heterocycles. The van der Waals surface area contributed by atoms with Crippen LogP contribution in [0, 0.1) is 6.92 Å². The number of carbonyl (C=O) groups excluding carboxylic acids is 1. The van der Waals surface area contributed by atoms with Crippen molar-refractivity contribution in [1.82, 2.24) is 5.43 Å². The van der Waals surface area contributed by atoms with E-state index in [1.165, 1.54) is 13.3 Å². The van der Waals surface area contributed by atoms with Crippen molar-refractivity contribution >= 4 is 12.1 Å². The lowest BCUT2D eigenvalue weighted by Crippen LogP contribution is -2.33. The standard InChI is InChI=1S/C21H24N2O4/c1-5-8-17-11-16(12-19(26-4)20(17)24)13-22-23-21(25)15(3)27-18-10-7-6-9-14(18)2/h5-7,9-13,15,24H,1,8H2,2-4H3,(H,23,25)/b22-13-. The molecule has 2 N–H and O–H groups in total. The zero-order valence-corrected chi connectivity index (χ0v) is 15.7. The molecule has 1 atom stereocenters. The molecule has 2 aromatic rings. The van der Waals surface area contributed by atoms with Gasteiger partial charge in [0.15, 0.2) is 17.6 Å². The Morgan fingerprint density at radius 2 is 2.07 bits per heavy atom. The van der Waals surface area contributed by atoms with E-state index < -0.39 is 6.10 Å². The molecule has 0 aliphatic rings. The minimum absolute atomic E-state index is 0.0684. The molecule has 0 aliphatic heterocycles. The highest BCUT2D eigenvalue weighted by molar-refractivity contribution is 5.85. The molecule has 1 unspecified atom stereocenters. The first-order chi connectivity index (χ1) is 13.0. The average molecular weight is 368 g/mol. The SMILES string of the molecule is C=CCc1cc(/C=N\NC(=O)C(C)Oc2ccccc2C)cc(OC)c1O. The van der Waals surface area contributed by atoms with Crippen molar-refractivity contribution in [2.45, 2.75) is 26.4 Å². The van der Waals surface area contributed by atoms with Crippen molar-refractivity contribution in [3.05, 3.63) is 65.7 Å². The van der Waals surface area contributed by atoms with Gasteiger partial charge in [-0.1, -0.05) is 24.3 Å². The number of hydrogen-bond donors (Lipinski definition) is 2. The fourth-order valence-electron chi connectivity index (χ4n) is 2.42. The van der Waals surface area contributed by atoms with Crippen molar-refractivity contribution in [3.8, 4) is 17.2 Å². The van der Waals surface area contributed by atoms with Crippen LogP contribution in [0.2, 0.25) is 0 Å². The Labute approximate surface area is 159 Å². The molecular formula is C21H24N2O4. The van der Waals surface area contributed by atoms with Gasteiger partial charge >= 0.3 is 0 Å². The van der Waals surface area contributed by atoms with Crippen LogP contribution in [0.15, 0.2) is 54.2 Å². The number of benzene rings is 2. The van der Waals surface area contributed by atoms with E-state index in [1.807, 2.05) is 31.2 Å². The highest BCUT2D eigenvalue weighted by atomic mass is 16.5. The molecule has 2 rings (SSSR count). The van der Waals surface area contributed by atoms with Crippen LogP contribution in [0.3, 0.4) is 0 Å². The van der Waals surface area contributed by atoms with E-state index in [-0.39, 0.29) is 11.7 Å². The normalized spacial score (nSPS) is 11.8. The van der Waals surface area contributed by atoms with Crippen molar-refractivity contribution in [2.75, 3.05) is 7.11 Å². The number of nitrogens with one attached hydrogen (secondary N) is 1. The third-order valence-corrected chi connectivity index (χ3v) is 3.92. The van der Waals surface area contributed by atoms with Crippen LogP contribution >= 0.6 is 0 Å². The number of hydrogen-bond acceptors (Lipinski definition) is 5. The zero-order chi connectivity index (χ0) is 19.8. The largest absolute Gasteiger partial charge is 0.504 e. The minimum Gasteiger partial charge on any atom is -0.504 e. The Bertz CT molecular complexity index is 846. The van der Waals surface area contributed by atoms with E-state index in [1.54, 1.807) is 25.1 Å². The third kappa shape index (κ3) is 5.34. The summed E-state index contributed by atoms with van der Waals surface area (Å²) in [5, 5.41) is 14.1. The van der Waals surface area contributed by atoms with Crippen LogP contribution in [-0.2, 0) is 11.2 Å². The Kier molecular flexibility index (Phi) is 7.00. The molecule has 0 heterocycles. The lowest BCUT2D eigenvalue weighted by molar-refractivity contribution is -0.127. The maximum Gasteiger partial charge on any atom is 0.280 e. The Morgan fingerprint density at radius 3 is 2.74 bits per heavy atom. The maximum atomic E-state index is 12.2. The van der Waals surface area contributed by atoms with Gasteiger partial charge in [0.25, 0.3) is 5.91 Å². The highest BCUT2D eigenvalue weighted by Crippen LogP contribution is 2.31. The molecule has 2 aromatic carbocycles. The molecule has 142 valence electrons. The minimum atomic E-state index is -0.700. The summed E-state index contributed by atoms with van der Waals surface area (Å²) in [7, 11) is 1.47. The van der Waals surface area contributed by atoms with Crippen LogP contribution in [0.5, 0.6) is 17.2 Å². The predicted octanol–water partition coefficient (Wildman–Crippen LogP) is 3.36. The predicted molar refractivity (Wildman–Crippen MR) is 106 cm³/mol. The fraction of sp³-hybridized carbons (Fsp3) is 0.238. The number of allylic oxidation sites excluding steroid dienone is 1. The topological polar surface area (TPSA) is 80.2 Å². The Hall–Kier alpha value is -3.28. The van der Waals surface area contributed by atoms with Crippen molar-refractivity contribution in [1.29, 1.82) is 0 Å². The number of hydrazone groups is 1. The van der Waals surface area contributed by atoms with Crippen LogP contribution in [-0.4, -0.2) is 30.4 Å². The summed E-state index contributed by atoms with van der Waals surface area (Å²) in [6, 6.07) is 10.9. The van der Waals surface area contributed by atoms with Crippen molar-refractivity contribution in [3.63, 3.8) is 0 Å². The number of phenolic OH excluding ortho intramolecular Hbond substituents is 1. The second kappa shape index (κ2) is 9.43. The molecule has 6 heteroatoms. The van der Waals surface area contributed by atoms with E-state index in [0.29, 0.717) is 29.0 Å². The smallest absolute Gasteiger partial charge is 0.280 e. The molecule has 0 fully saturated rings. The number of rotatable bonds is 8. The second-order valence-corrected chi connectivity index (χ2v) is 5.98. The van der Waals surface area contributed by atoms with Crippen LogP contribution in [0.25, 0.3) is 0 Å². The van der Waals surface area contributed by atoms with Gasteiger partial charge in [0.1, 0.15) is 5.75 Å². The molecule has 0 radical (unpaired) electrons. The molecule has 0 spiro atoms. The summed E-state index contributed by atoms with van der Waals surface area (Å²) in [4.78, 5) is 12.2. The number of nitrogens with zero attached hydrogens (tertiary/aromatic N) is 1. The van der Waals surface area contributed by atoms with Gasteiger partial charge in [-0.25, -0.2) is 5.43 Å². The number of aromatic hydroxyl groups is 1. The summed E-state index contributed by atoms with van der Waals surface area (Å²) in [6.07, 6.45) is 2.95. The first kappa shape index (κ1) is 20.0. The van der Waals surface area contributed by atoms with Gasteiger partial charge in [-0.2, -0.15) is 5.10 Å². The summed E-state index contributed by atoms with van der Waals surface area (Å²) in [5.41, 5.74) is 4.74. The molecule has 27 heavy (non-hydrogen) atoms. The van der Waals surface area contributed by atoms with Crippen LogP contribution in [0.4, 0.5) is 0 Å². The number of amides is 1. The number of methoxy groups -OCH3 is 1.